The number of hydrogen-bond donors (Lipinski definition) is 0. The van der Waals surface area contributed by atoms with E-state index in [1.54, 1.807) is 6.07 Å². The Morgan fingerprint density at radius 3 is 2.58 bits per heavy atom. The summed E-state index contributed by atoms with van der Waals surface area (Å²) in [5.74, 6) is 1.33. The van der Waals surface area contributed by atoms with Gasteiger partial charge in [-0.05, 0) is 38.0 Å². The zero-order valence-electron chi connectivity index (χ0n) is 17.6. The third-order valence-electron chi connectivity index (χ3n) is 4.78. The van der Waals surface area contributed by atoms with Crippen molar-refractivity contribution < 1.29 is 14.5 Å². The highest BCUT2D eigenvalue weighted by atomic mass is 32.2. The molecule has 0 saturated heterocycles. The molecule has 0 amide bonds. The number of ether oxygens (including phenoxy) is 1. The number of Topliss-reactive ketones (excluding diaryl/α,β-unsaturated/α-hetero) is 1. The van der Waals surface area contributed by atoms with Crippen molar-refractivity contribution in [3.05, 3.63) is 75.6 Å². The van der Waals surface area contributed by atoms with Crippen LogP contribution in [0.4, 0.5) is 5.69 Å². The van der Waals surface area contributed by atoms with Crippen LogP contribution < -0.4 is 4.74 Å². The minimum atomic E-state index is -0.513. The summed E-state index contributed by atoms with van der Waals surface area (Å²) in [6, 6.07) is 13.7. The molecule has 0 saturated carbocycles. The number of nitro benzene ring substituents is 1. The number of rotatable bonds is 10. The molecule has 9 heteroatoms. The number of carbonyl (C=O) groups is 1. The minimum absolute atomic E-state index is 0.104. The van der Waals surface area contributed by atoms with Crippen LogP contribution in [0.5, 0.6) is 5.75 Å². The maximum atomic E-state index is 12.5. The molecule has 8 nitrogen and oxygen atoms in total. The van der Waals surface area contributed by atoms with E-state index in [0.717, 1.165) is 12.2 Å². The Kier molecular flexibility index (Phi) is 7.41. The largest absolute Gasteiger partial charge is 0.483 e. The number of aryl methyl sites for hydroxylation is 1. The lowest BCUT2D eigenvalue weighted by Crippen LogP contribution is -2.12. The summed E-state index contributed by atoms with van der Waals surface area (Å²) < 4.78 is 7.94. The first-order chi connectivity index (χ1) is 14.9. The van der Waals surface area contributed by atoms with Crippen LogP contribution in [0.1, 0.15) is 48.6 Å². The van der Waals surface area contributed by atoms with Gasteiger partial charge < -0.3 is 9.30 Å². The Balaban J connectivity index is 1.68. The zero-order chi connectivity index (χ0) is 22.4. The van der Waals surface area contributed by atoms with Gasteiger partial charge in [0.15, 0.2) is 22.9 Å². The Labute approximate surface area is 184 Å². The highest BCUT2D eigenvalue weighted by Crippen LogP contribution is 2.26. The molecule has 2 aromatic carbocycles. The number of carbonyl (C=O) groups excluding carboxylic acids is 1. The number of nitro groups is 1. The molecule has 31 heavy (non-hydrogen) atoms. The van der Waals surface area contributed by atoms with E-state index in [0.29, 0.717) is 23.1 Å². The maximum Gasteiger partial charge on any atom is 0.270 e. The Morgan fingerprint density at radius 2 is 1.94 bits per heavy atom. The van der Waals surface area contributed by atoms with Gasteiger partial charge in [0.1, 0.15) is 5.75 Å². The van der Waals surface area contributed by atoms with Crippen LogP contribution >= 0.6 is 11.8 Å². The molecule has 0 fully saturated rings. The first-order valence-electron chi connectivity index (χ1n) is 10.0. The van der Waals surface area contributed by atoms with Crippen molar-refractivity contribution in [2.24, 2.45) is 0 Å². The molecule has 0 aliphatic heterocycles. The molecule has 3 rings (SSSR count). The summed E-state index contributed by atoms with van der Waals surface area (Å²) >= 11 is 1.25. The van der Waals surface area contributed by atoms with Gasteiger partial charge in [0.25, 0.3) is 5.69 Å². The Hall–Kier alpha value is -3.20. The van der Waals surface area contributed by atoms with Gasteiger partial charge in [-0.2, -0.15) is 0 Å². The van der Waals surface area contributed by atoms with Crippen molar-refractivity contribution in [3.8, 4) is 5.75 Å². The van der Waals surface area contributed by atoms with Gasteiger partial charge in [0.2, 0.25) is 0 Å². The predicted molar refractivity (Wildman–Crippen MR) is 119 cm³/mol. The van der Waals surface area contributed by atoms with Gasteiger partial charge >= 0.3 is 0 Å². The SMILES string of the molecule is CCc1ccc(OC(C)c2nnc(SCC(=O)c3cccc([N+](=O)[O-])c3)n2CC)cc1. The highest BCUT2D eigenvalue weighted by Gasteiger charge is 2.20. The topological polar surface area (TPSA) is 100 Å². The molecule has 1 unspecified atom stereocenters. The second-order valence-electron chi connectivity index (χ2n) is 6.86. The molecular weight excluding hydrogens is 416 g/mol. The number of thioether (sulfide) groups is 1. The number of benzene rings is 2. The lowest BCUT2D eigenvalue weighted by Gasteiger charge is -2.15. The summed E-state index contributed by atoms with van der Waals surface area (Å²) in [4.78, 5) is 22.9. The number of aromatic nitrogens is 3. The molecule has 0 N–H and O–H groups in total. The van der Waals surface area contributed by atoms with Gasteiger partial charge in [-0.25, -0.2) is 0 Å². The molecule has 3 aromatic rings. The van der Waals surface area contributed by atoms with Gasteiger partial charge in [0, 0.05) is 24.2 Å². The average Bonchev–Trinajstić information content (AvgIpc) is 3.21. The van der Waals surface area contributed by atoms with Crippen LogP contribution in [0.25, 0.3) is 0 Å². The highest BCUT2D eigenvalue weighted by molar-refractivity contribution is 7.99. The van der Waals surface area contributed by atoms with E-state index in [-0.39, 0.29) is 23.3 Å². The fraction of sp³-hybridized carbons (Fsp3) is 0.318. The predicted octanol–water partition coefficient (Wildman–Crippen LogP) is 4.88. The summed E-state index contributed by atoms with van der Waals surface area (Å²) in [5.41, 5.74) is 1.44. The van der Waals surface area contributed by atoms with E-state index >= 15 is 0 Å². The van der Waals surface area contributed by atoms with Crippen molar-refractivity contribution in [1.29, 1.82) is 0 Å². The molecule has 0 aliphatic rings. The molecule has 1 atom stereocenters. The maximum absolute atomic E-state index is 12.5. The van der Waals surface area contributed by atoms with Crippen LogP contribution in [0, 0.1) is 10.1 Å². The number of nitrogens with zero attached hydrogens (tertiary/aromatic N) is 4. The van der Waals surface area contributed by atoms with E-state index in [1.165, 1.54) is 35.5 Å². The van der Waals surface area contributed by atoms with E-state index in [9.17, 15) is 14.9 Å². The third-order valence-corrected chi connectivity index (χ3v) is 5.75. The van der Waals surface area contributed by atoms with Crippen molar-refractivity contribution in [2.75, 3.05) is 5.75 Å². The van der Waals surface area contributed by atoms with Gasteiger partial charge in [-0.15, -0.1) is 10.2 Å². The molecule has 0 bridgehead atoms. The summed E-state index contributed by atoms with van der Waals surface area (Å²) in [7, 11) is 0. The Bertz CT molecular complexity index is 1070. The van der Waals surface area contributed by atoms with Crippen molar-refractivity contribution in [2.45, 2.75) is 45.0 Å². The van der Waals surface area contributed by atoms with Crippen LogP contribution in [0.2, 0.25) is 0 Å². The van der Waals surface area contributed by atoms with E-state index in [2.05, 4.69) is 17.1 Å². The van der Waals surface area contributed by atoms with Gasteiger partial charge in [-0.3, -0.25) is 14.9 Å². The van der Waals surface area contributed by atoms with E-state index in [1.807, 2.05) is 42.7 Å². The van der Waals surface area contributed by atoms with Crippen molar-refractivity contribution >= 4 is 23.2 Å². The van der Waals surface area contributed by atoms with E-state index < -0.39 is 4.92 Å². The second-order valence-corrected chi connectivity index (χ2v) is 7.80. The Morgan fingerprint density at radius 1 is 1.19 bits per heavy atom. The standard InChI is InChI=1S/C22H24N4O4S/c1-4-16-9-11-19(12-10-16)30-15(3)21-23-24-22(25(21)5-2)31-14-20(27)17-7-6-8-18(13-17)26(28)29/h6-13,15H,4-5,14H2,1-3H3. The smallest absolute Gasteiger partial charge is 0.270 e. The lowest BCUT2D eigenvalue weighted by molar-refractivity contribution is -0.384. The van der Waals surface area contributed by atoms with Crippen LogP contribution in [0.3, 0.4) is 0 Å². The lowest BCUT2D eigenvalue weighted by atomic mass is 10.1. The number of hydrogen-bond acceptors (Lipinski definition) is 7. The molecule has 0 aliphatic carbocycles. The van der Waals surface area contributed by atoms with Gasteiger partial charge in [-0.1, -0.05) is 43.0 Å². The monoisotopic (exact) mass is 440 g/mol. The summed E-state index contributed by atoms with van der Waals surface area (Å²) in [5, 5.41) is 20.0. The average molecular weight is 441 g/mol. The molecule has 1 heterocycles. The quantitative estimate of drug-likeness (QED) is 0.192. The minimum Gasteiger partial charge on any atom is -0.483 e. The molecular formula is C22H24N4O4S. The fourth-order valence-corrected chi connectivity index (χ4v) is 3.98. The number of ketones is 1. The molecule has 0 spiro atoms. The third kappa shape index (κ3) is 5.49. The van der Waals surface area contributed by atoms with Crippen molar-refractivity contribution in [1.82, 2.24) is 14.8 Å². The summed E-state index contributed by atoms with van der Waals surface area (Å²) in [6.45, 7) is 6.61. The second kappa shape index (κ2) is 10.2. The van der Waals surface area contributed by atoms with Crippen LogP contribution in [0.15, 0.2) is 53.7 Å². The van der Waals surface area contributed by atoms with Crippen molar-refractivity contribution in [3.63, 3.8) is 0 Å². The normalized spacial score (nSPS) is 11.8. The van der Waals surface area contributed by atoms with Crippen LogP contribution in [-0.4, -0.2) is 31.2 Å². The first kappa shape index (κ1) is 22.5. The molecule has 162 valence electrons. The molecule has 1 aromatic heterocycles. The zero-order valence-corrected chi connectivity index (χ0v) is 18.5. The van der Waals surface area contributed by atoms with Gasteiger partial charge in [0.05, 0.1) is 10.7 Å². The fourth-order valence-electron chi connectivity index (χ4n) is 3.07. The molecule has 0 radical (unpaired) electrons. The van der Waals surface area contributed by atoms with Crippen LogP contribution in [-0.2, 0) is 13.0 Å². The summed E-state index contributed by atoms with van der Waals surface area (Å²) in [6.07, 6.45) is 0.650. The number of non-ortho nitro benzene ring substituents is 1. The van der Waals surface area contributed by atoms with E-state index in [4.69, 9.17) is 4.74 Å². The first-order valence-corrected chi connectivity index (χ1v) is 11.0.